The summed E-state index contributed by atoms with van der Waals surface area (Å²) in [6, 6.07) is 10.00. The summed E-state index contributed by atoms with van der Waals surface area (Å²) in [6.07, 6.45) is 0. The number of hydrogen-bond donors (Lipinski definition) is 1. The van der Waals surface area contributed by atoms with Crippen LogP contribution in [0.1, 0.15) is 5.82 Å². The molecule has 0 bridgehead atoms. The van der Waals surface area contributed by atoms with Crippen LogP contribution in [0.2, 0.25) is 0 Å². The number of nitrogens with one attached hydrogen (secondary N) is 1. The lowest BCUT2D eigenvalue weighted by molar-refractivity contribution is 0.122. The number of benzene rings is 1. The molecule has 1 fully saturated rings. The summed E-state index contributed by atoms with van der Waals surface area (Å²) in [5.74, 6) is 1.83. The van der Waals surface area contributed by atoms with Gasteiger partial charge in [-0.2, -0.15) is 4.98 Å². The van der Waals surface area contributed by atoms with Gasteiger partial charge in [-0.1, -0.05) is 18.2 Å². The number of aryl methyl sites for hydroxylation is 1. The molecule has 0 amide bonds. The molecule has 1 aromatic heterocycles. The van der Waals surface area contributed by atoms with Crippen LogP contribution in [0, 0.1) is 6.92 Å². The van der Waals surface area contributed by atoms with Crippen molar-refractivity contribution in [2.24, 2.45) is 0 Å². The zero-order chi connectivity index (χ0) is 18.4. The van der Waals surface area contributed by atoms with Crippen LogP contribution in [-0.2, 0) is 14.8 Å². The molecule has 1 aromatic carbocycles. The van der Waals surface area contributed by atoms with Crippen molar-refractivity contribution in [2.45, 2.75) is 11.8 Å². The molecule has 0 aliphatic carbocycles. The zero-order valence-corrected chi connectivity index (χ0v) is 15.4. The van der Waals surface area contributed by atoms with Gasteiger partial charge in [0.05, 0.1) is 18.1 Å². The Balaban J connectivity index is 1.55. The summed E-state index contributed by atoms with van der Waals surface area (Å²) in [6.45, 7) is 4.99. The maximum atomic E-state index is 12.1. The third-order valence-corrected chi connectivity index (χ3v) is 5.31. The number of ether oxygens (including phenoxy) is 2. The van der Waals surface area contributed by atoms with E-state index in [1.807, 2.05) is 0 Å². The summed E-state index contributed by atoms with van der Waals surface area (Å²) < 4.78 is 37.8. The predicted molar refractivity (Wildman–Crippen MR) is 96.9 cm³/mol. The van der Waals surface area contributed by atoms with Crippen molar-refractivity contribution in [2.75, 3.05) is 44.4 Å². The number of hydrogen-bond acceptors (Lipinski definition) is 7. The van der Waals surface area contributed by atoms with Crippen molar-refractivity contribution in [3.8, 4) is 5.88 Å². The average Bonchev–Trinajstić information content (AvgIpc) is 2.66. The van der Waals surface area contributed by atoms with E-state index in [2.05, 4.69) is 19.6 Å². The molecular weight excluding hydrogens is 356 g/mol. The van der Waals surface area contributed by atoms with Crippen molar-refractivity contribution in [1.29, 1.82) is 0 Å². The van der Waals surface area contributed by atoms with Crippen LogP contribution in [-0.4, -0.2) is 57.8 Å². The summed E-state index contributed by atoms with van der Waals surface area (Å²) in [5.41, 5.74) is 0. The highest BCUT2D eigenvalue weighted by molar-refractivity contribution is 7.89. The second kappa shape index (κ2) is 8.43. The molecule has 0 spiro atoms. The number of aromatic nitrogens is 2. The van der Waals surface area contributed by atoms with E-state index in [9.17, 15) is 8.42 Å². The number of morpholine rings is 1. The molecule has 9 heteroatoms. The first-order valence-electron chi connectivity index (χ1n) is 8.40. The van der Waals surface area contributed by atoms with Gasteiger partial charge in [-0.25, -0.2) is 18.1 Å². The van der Waals surface area contributed by atoms with Crippen LogP contribution >= 0.6 is 0 Å². The Bertz CT molecular complexity index is 824. The summed E-state index contributed by atoms with van der Waals surface area (Å²) in [4.78, 5) is 11.0. The fraction of sp³-hybridized carbons (Fsp3) is 0.412. The molecule has 1 aliphatic heterocycles. The van der Waals surface area contributed by atoms with Crippen LogP contribution < -0.4 is 14.4 Å². The van der Waals surface area contributed by atoms with Crippen molar-refractivity contribution in [3.05, 3.63) is 42.2 Å². The van der Waals surface area contributed by atoms with Gasteiger partial charge in [-0.15, -0.1) is 0 Å². The molecular formula is C17H22N4O4S. The van der Waals surface area contributed by atoms with Crippen LogP contribution in [0.3, 0.4) is 0 Å². The number of nitrogens with zero attached hydrogens (tertiary/aromatic N) is 3. The SMILES string of the molecule is Cc1nc(OCCNS(=O)(=O)c2ccccc2)cc(N2CCOCC2)n1. The second-order valence-electron chi connectivity index (χ2n) is 5.77. The van der Waals surface area contributed by atoms with Crippen LogP contribution in [0.15, 0.2) is 41.3 Å². The van der Waals surface area contributed by atoms with Crippen molar-refractivity contribution in [3.63, 3.8) is 0 Å². The van der Waals surface area contributed by atoms with E-state index in [4.69, 9.17) is 9.47 Å². The van der Waals surface area contributed by atoms with Crippen LogP contribution in [0.5, 0.6) is 5.88 Å². The minimum atomic E-state index is -3.53. The van der Waals surface area contributed by atoms with Crippen molar-refractivity contribution in [1.82, 2.24) is 14.7 Å². The molecule has 140 valence electrons. The van der Waals surface area contributed by atoms with Gasteiger partial charge in [0.2, 0.25) is 15.9 Å². The smallest absolute Gasteiger partial charge is 0.240 e. The lowest BCUT2D eigenvalue weighted by Crippen LogP contribution is -2.37. The van der Waals surface area contributed by atoms with Gasteiger partial charge in [0.25, 0.3) is 0 Å². The summed E-state index contributed by atoms with van der Waals surface area (Å²) in [5, 5.41) is 0. The third-order valence-electron chi connectivity index (χ3n) is 3.83. The van der Waals surface area contributed by atoms with Crippen LogP contribution in [0.25, 0.3) is 0 Å². The number of sulfonamides is 1. The molecule has 3 rings (SSSR count). The first-order valence-corrected chi connectivity index (χ1v) is 9.89. The first-order chi connectivity index (χ1) is 12.5. The highest BCUT2D eigenvalue weighted by atomic mass is 32.2. The Labute approximate surface area is 153 Å². The van der Waals surface area contributed by atoms with Gasteiger partial charge in [0, 0.05) is 25.7 Å². The van der Waals surface area contributed by atoms with Gasteiger partial charge in [0.15, 0.2) is 0 Å². The topological polar surface area (TPSA) is 93.6 Å². The van der Waals surface area contributed by atoms with Gasteiger partial charge in [-0.05, 0) is 19.1 Å². The maximum absolute atomic E-state index is 12.1. The largest absolute Gasteiger partial charge is 0.476 e. The highest BCUT2D eigenvalue weighted by Crippen LogP contribution is 2.18. The Morgan fingerprint density at radius 2 is 1.92 bits per heavy atom. The Kier molecular flexibility index (Phi) is 6.02. The molecule has 0 radical (unpaired) electrons. The highest BCUT2D eigenvalue weighted by Gasteiger charge is 2.15. The lowest BCUT2D eigenvalue weighted by atomic mass is 10.4. The van der Waals surface area contributed by atoms with Gasteiger partial charge in [0.1, 0.15) is 18.2 Å². The third kappa shape index (κ3) is 4.90. The van der Waals surface area contributed by atoms with Crippen LogP contribution in [0.4, 0.5) is 5.82 Å². The van der Waals surface area contributed by atoms with E-state index in [1.165, 1.54) is 0 Å². The maximum Gasteiger partial charge on any atom is 0.240 e. The quantitative estimate of drug-likeness (QED) is 0.718. The average molecular weight is 378 g/mol. The summed E-state index contributed by atoms with van der Waals surface area (Å²) in [7, 11) is -3.53. The fourth-order valence-corrected chi connectivity index (χ4v) is 3.60. The van der Waals surface area contributed by atoms with E-state index in [0.29, 0.717) is 24.9 Å². The van der Waals surface area contributed by atoms with Gasteiger partial charge < -0.3 is 14.4 Å². The molecule has 2 heterocycles. The first kappa shape index (κ1) is 18.6. The number of anilines is 1. The molecule has 26 heavy (non-hydrogen) atoms. The van der Waals surface area contributed by atoms with Crippen molar-refractivity contribution >= 4 is 15.8 Å². The lowest BCUT2D eigenvalue weighted by Gasteiger charge is -2.28. The van der Waals surface area contributed by atoms with Crippen molar-refractivity contribution < 1.29 is 17.9 Å². The Morgan fingerprint density at radius 3 is 2.65 bits per heavy atom. The molecule has 1 saturated heterocycles. The van der Waals surface area contributed by atoms with E-state index in [-0.39, 0.29) is 18.0 Å². The molecule has 0 saturated carbocycles. The van der Waals surface area contributed by atoms with E-state index in [1.54, 1.807) is 43.3 Å². The monoisotopic (exact) mass is 378 g/mol. The van der Waals surface area contributed by atoms with E-state index >= 15 is 0 Å². The minimum Gasteiger partial charge on any atom is -0.476 e. The van der Waals surface area contributed by atoms with E-state index in [0.717, 1.165) is 18.9 Å². The molecule has 8 nitrogen and oxygen atoms in total. The van der Waals surface area contributed by atoms with Gasteiger partial charge in [-0.3, -0.25) is 0 Å². The molecule has 2 aromatic rings. The molecule has 1 N–H and O–H groups in total. The van der Waals surface area contributed by atoms with Gasteiger partial charge >= 0.3 is 0 Å². The summed E-state index contributed by atoms with van der Waals surface area (Å²) >= 11 is 0. The predicted octanol–water partition coefficient (Wildman–Crippen LogP) is 0.979. The Hall–Kier alpha value is -2.23. The normalized spacial score (nSPS) is 15.0. The zero-order valence-electron chi connectivity index (χ0n) is 14.6. The van der Waals surface area contributed by atoms with E-state index < -0.39 is 10.0 Å². The minimum absolute atomic E-state index is 0.146. The second-order valence-corrected chi connectivity index (χ2v) is 7.54. The standard InChI is InChI=1S/C17H22N4O4S/c1-14-19-16(21-8-11-24-12-9-21)13-17(20-14)25-10-7-18-26(22,23)15-5-3-2-4-6-15/h2-6,13,18H,7-12H2,1H3. The fourth-order valence-electron chi connectivity index (χ4n) is 2.57. The molecule has 0 unspecified atom stereocenters. The molecule has 0 atom stereocenters. The molecule has 1 aliphatic rings. The number of rotatable bonds is 7. The Morgan fingerprint density at radius 1 is 1.19 bits per heavy atom.